The van der Waals surface area contributed by atoms with Crippen molar-refractivity contribution >= 4 is 28.5 Å². The Morgan fingerprint density at radius 1 is 1.27 bits per heavy atom. The molecule has 4 atom stereocenters. The second-order valence-corrected chi connectivity index (χ2v) is 9.22. The van der Waals surface area contributed by atoms with E-state index < -0.39 is 32.6 Å². The molecule has 4 unspecified atom stereocenters. The number of quaternary nitrogens is 1. The van der Waals surface area contributed by atoms with Gasteiger partial charge in [-0.15, -0.1) is 0 Å². The first-order chi connectivity index (χ1) is 12.2. The Kier molecular flexibility index (Phi) is 6.28. The van der Waals surface area contributed by atoms with E-state index in [9.17, 15) is 27.9 Å². The Morgan fingerprint density at radius 2 is 1.88 bits per heavy atom. The van der Waals surface area contributed by atoms with E-state index in [2.05, 4.69) is 0 Å². The molecule has 1 saturated carbocycles. The van der Waals surface area contributed by atoms with Gasteiger partial charge >= 0.3 is 12.1 Å². The van der Waals surface area contributed by atoms with E-state index >= 15 is 0 Å². The smallest absolute Gasteiger partial charge is 0.477 e. The third-order valence-electron chi connectivity index (χ3n) is 5.84. The summed E-state index contributed by atoms with van der Waals surface area (Å²) in [6.07, 6.45) is 4.69. The van der Waals surface area contributed by atoms with Crippen LogP contribution in [-0.4, -0.2) is 79.8 Å². The zero-order valence-corrected chi connectivity index (χ0v) is 16.0. The SMILES string of the molecule is COC(=O)[N+]1(CCN(C=O)S(C)(=O)=O)CC2CCCCC2CC1C(=O)O. The predicted octanol–water partition coefficient (Wildman–Crippen LogP) is 0.651. The first-order valence-corrected chi connectivity index (χ1v) is 10.6. The van der Waals surface area contributed by atoms with E-state index in [1.807, 2.05) is 0 Å². The molecule has 2 fully saturated rings. The molecular formula is C16H27N2O7S+. The number of sulfonamides is 1. The van der Waals surface area contributed by atoms with Gasteiger partial charge in [0.25, 0.3) is 0 Å². The van der Waals surface area contributed by atoms with Gasteiger partial charge in [-0.3, -0.25) is 4.79 Å². The molecule has 148 valence electrons. The molecule has 10 heteroatoms. The van der Waals surface area contributed by atoms with Crippen LogP contribution in [0.15, 0.2) is 0 Å². The Labute approximate surface area is 153 Å². The highest BCUT2D eigenvalue weighted by Crippen LogP contribution is 2.42. The number of aliphatic carboxylic acids is 1. The Balaban J connectivity index is 2.36. The minimum absolute atomic E-state index is 0.112. The first-order valence-electron chi connectivity index (χ1n) is 8.76. The second kappa shape index (κ2) is 7.91. The molecule has 0 radical (unpaired) electrons. The maximum Gasteiger partial charge on any atom is 0.516 e. The highest BCUT2D eigenvalue weighted by Gasteiger charge is 2.56. The summed E-state index contributed by atoms with van der Waals surface area (Å²) in [6.45, 7) is -0.0813. The van der Waals surface area contributed by atoms with E-state index in [-0.39, 0.29) is 31.3 Å². The van der Waals surface area contributed by atoms with E-state index in [0.29, 0.717) is 17.3 Å². The number of carbonyl (C=O) groups excluding carboxylic acids is 2. The largest absolute Gasteiger partial charge is 0.516 e. The van der Waals surface area contributed by atoms with Gasteiger partial charge in [-0.05, 0) is 18.8 Å². The van der Waals surface area contributed by atoms with Crippen molar-refractivity contribution < 1.29 is 37.1 Å². The molecule has 2 amide bonds. The van der Waals surface area contributed by atoms with Gasteiger partial charge in [0.1, 0.15) is 6.54 Å². The molecular weight excluding hydrogens is 364 g/mol. The Hall–Kier alpha value is -1.68. The summed E-state index contributed by atoms with van der Waals surface area (Å²) in [5, 5.41) is 9.77. The van der Waals surface area contributed by atoms with Crippen LogP contribution >= 0.6 is 0 Å². The summed E-state index contributed by atoms with van der Waals surface area (Å²) in [5.41, 5.74) is 0. The number of rotatable bonds is 6. The maximum atomic E-state index is 12.7. The molecule has 26 heavy (non-hydrogen) atoms. The fourth-order valence-electron chi connectivity index (χ4n) is 4.48. The van der Waals surface area contributed by atoms with Crippen molar-refractivity contribution in [2.75, 3.05) is 33.0 Å². The average molecular weight is 391 g/mol. The van der Waals surface area contributed by atoms with E-state index in [1.54, 1.807) is 0 Å². The lowest BCUT2D eigenvalue weighted by atomic mass is 9.72. The van der Waals surface area contributed by atoms with E-state index in [4.69, 9.17) is 4.74 Å². The van der Waals surface area contributed by atoms with E-state index in [0.717, 1.165) is 31.9 Å². The van der Waals surface area contributed by atoms with Crippen molar-refractivity contribution in [3.8, 4) is 0 Å². The molecule has 0 aromatic heterocycles. The van der Waals surface area contributed by atoms with Crippen molar-refractivity contribution in [2.24, 2.45) is 11.8 Å². The second-order valence-electron chi connectivity index (χ2n) is 7.28. The number of piperidine rings is 1. The molecule has 1 saturated heterocycles. The summed E-state index contributed by atoms with van der Waals surface area (Å²) in [5.74, 6) is -0.657. The Morgan fingerprint density at radius 3 is 2.38 bits per heavy atom. The molecule has 0 bridgehead atoms. The summed E-state index contributed by atoms with van der Waals surface area (Å²) < 4.78 is 28.4. The Bertz CT molecular complexity index is 666. The minimum atomic E-state index is -3.78. The molecule has 2 aliphatic rings. The highest BCUT2D eigenvalue weighted by molar-refractivity contribution is 7.88. The van der Waals surface area contributed by atoms with Crippen LogP contribution < -0.4 is 0 Å². The normalized spacial score (nSPS) is 31.5. The zero-order chi connectivity index (χ0) is 19.5. The van der Waals surface area contributed by atoms with Gasteiger partial charge in [0.15, 0.2) is 6.04 Å². The lowest BCUT2D eigenvalue weighted by Gasteiger charge is -2.49. The quantitative estimate of drug-likeness (QED) is 0.522. The molecule has 0 spiro atoms. The van der Waals surface area contributed by atoms with Gasteiger partial charge in [-0.25, -0.2) is 22.0 Å². The van der Waals surface area contributed by atoms with Crippen LogP contribution in [-0.2, 0) is 24.3 Å². The van der Waals surface area contributed by atoms with Crippen LogP contribution in [0.5, 0.6) is 0 Å². The zero-order valence-electron chi connectivity index (χ0n) is 15.2. The molecule has 0 aromatic rings. The summed E-state index contributed by atoms with van der Waals surface area (Å²) in [4.78, 5) is 35.7. The topological polar surface area (TPSA) is 118 Å². The van der Waals surface area contributed by atoms with E-state index in [1.165, 1.54) is 7.11 Å². The average Bonchev–Trinajstić information content (AvgIpc) is 2.59. The fraction of sp³-hybridized carbons (Fsp3) is 0.812. The third-order valence-corrected chi connectivity index (χ3v) is 6.96. The number of amides is 2. The van der Waals surface area contributed by atoms with Gasteiger partial charge < -0.3 is 9.84 Å². The number of methoxy groups -OCH3 is 1. The van der Waals surface area contributed by atoms with Gasteiger partial charge in [0.2, 0.25) is 16.4 Å². The van der Waals surface area contributed by atoms with Crippen molar-refractivity contribution in [1.82, 2.24) is 4.31 Å². The van der Waals surface area contributed by atoms with Crippen molar-refractivity contribution in [2.45, 2.75) is 38.1 Å². The number of nitrogens with zero attached hydrogens (tertiary/aromatic N) is 2. The van der Waals surface area contributed by atoms with Crippen LogP contribution in [0.25, 0.3) is 0 Å². The number of fused-ring (bicyclic) bond motifs is 1. The predicted molar refractivity (Wildman–Crippen MR) is 91.5 cm³/mol. The minimum Gasteiger partial charge on any atom is -0.477 e. The van der Waals surface area contributed by atoms with Gasteiger partial charge in [0, 0.05) is 12.3 Å². The summed E-state index contributed by atoms with van der Waals surface area (Å²) in [7, 11) is -2.58. The van der Waals surface area contributed by atoms with Crippen molar-refractivity contribution in [1.29, 1.82) is 0 Å². The lowest BCUT2D eigenvalue weighted by Crippen LogP contribution is -2.69. The molecule has 9 nitrogen and oxygen atoms in total. The molecule has 1 aliphatic carbocycles. The fourth-order valence-corrected chi connectivity index (χ4v) is 5.05. The lowest BCUT2D eigenvalue weighted by molar-refractivity contribution is -0.884. The van der Waals surface area contributed by atoms with Gasteiger partial charge in [0.05, 0.1) is 26.5 Å². The van der Waals surface area contributed by atoms with Gasteiger partial charge in [-0.1, -0.05) is 12.8 Å². The molecule has 1 heterocycles. The van der Waals surface area contributed by atoms with Crippen LogP contribution in [0.1, 0.15) is 32.1 Å². The third kappa shape index (κ3) is 4.01. The number of carbonyl (C=O) groups is 3. The van der Waals surface area contributed by atoms with Crippen LogP contribution in [0.3, 0.4) is 0 Å². The number of carboxylic acids is 1. The van der Waals surface area contributed by atoms with Gasteiger partial charge in [-0.2, -0.15) is 4.79 Å². The number of ether oxygens (including phenoxy) is 1. The van der Waals surface area contributed by atoms with Crippen LogP contribution in [0.2, 0.25) is 0 Å². The monoisotopic (exact) mass is 391 g/mol. The number of carboxylic acid groups (broad SMARTS) is 1. The molecule has 2 rings (SSSR count). The summed E-state index contributed by atoms with van der Waals surface area (Å²) >= 11 is 0. The van der Waals surface area contributed by atoms with Crippen LogP contribution in [0, 0.1) is 11.8 Å². The number of hydrogen-bond donors (Lipinski definition) is 1. The van der Waals surface area contributed by atoms with Crippen molar-refractivity contribution in [3.05, 3.63) is 0 Å². The highest BCUT2D eigenvalue weighted by atomic mass is 32.2. The summed E-state index contributed by atoms with van der Waals surface area (Å²) in [6, 6.07) is -1.00. The maximum absolute atomic E-state index is 12.7. The first kappa shape index (κ1) is 20.6. The standard InChI is InChI=1S/C16H26N2O7S/c1-25-16(22)18(8-7-17(11-19)26(2,23)24)10-13-6-4-3-5-12(13)9-14(18)15(20)21/h11-14H,3-10H2,1-2H3/p+1. The molecule has 1 N–H and O–H groups in total. The van der Waals surface area contributed by atoms with Crippen LogP contribution in [0.4, 0.5) is 4.79 Å². The molecule has 0 aromatic carbocycles. The number of likely N-dealkylation sites (tertiary alicyclic amines) is 1. The number of hydrogen-bond acceptors (Lipinski definition) is 6. The van der Waals surface area contributed by atoms with Crippen molar-refractivity contribution in [3.63, 3.8) is 0 Å². The molecule has 1 aliphatic heterocycles.